The zero-order chi connectivity index (χ0) is 23.4. The Kier molecular flexibility index (Phi) is 5.04. The number of nitrogens with zero attached hydrogens (tertiary/aromatic N) is 3. The molecule has 2 aromatic rings. The maximum Gasteiger partial charge on any atom is 0.274 e. The van der Waals surface area contributed by atoms with Gasteiger partial charge in [-0.2, -0.15) is 0 Å². The number of halogens is 3. The minimum atomic E-state index is -2.65. The molecular formula is C24H24ClF2N5O. The number of aliphatic imine (C=N–C) groups is 2. The average molecular weight is 472 g/mol. The maximum atomic E-state index is 14.1. The third-order valence-electron chi connectivity index (χ3n) is 7.15. The van der Waals surface area contributed by atoms with E-state index >= 15 is 0 Å². The monoisotopic (exact) mass is 471 g/mol. The minimum absolute atomic E-state index is 0.163. The Morgan fingerprint density at radius 3 is 2.58 bits per heavy atom. The van der Waals surface area contributed by atoms with E-state index < -0.39 is 17.0 Å². The number of anilines is 1. The summed E-state index contributed by atoms with van der Waals surface area (Å²) >= 11 is 5.86. The third-order valence-corrected chi connectivity index (χ3v) is 7.38. The SMILES string of the molecule is CN=C1NC2(N=C1C)c1cc(NC(=O)c3ccc(Cl)cn3)ccc1CC21CCC(F)(F)CC1. The molecule has 9 heteroatoms. The number of amidine groups is 1. The molecule has 2 aliphatic carbocycles. The van der Waals surface area contributed by atoms with E-state index in [0.29, 0.717) is 35.8 Å². The van der Waals surface area contributed by atoms with Gasteiger partial charge in [0.05, 0.1) is 10.7 Å². The number of pyridine rings is 1. The number of alkyl halides is 2. The molecule has 33 heavy (non-hydrogen) atoms. The van der Waals surface area contributed by atoms with Crippen LogP contribution in [0.15, 0.2) is 46.5 Å². The first kappa shape index (κ1) is 21.9. The molecule has 5 rings (SSSR count). The van der Waals surface area contributed by atoms with Crippen LogP contribution in [0.3, 0.4) is 0 Å². The lowest BCUT2D eigenvalue weighted by molar-refractivity contribution is -0.0844. The van der Waals surface area contributed by atoms with Crippen molar-refractivity contribution >= 4 is 34.7 Å². The molecule has 0 radical (unpaired) electrons. The van der Waals surface area contributed by atoms with Gasteiger partial charge in [-0.05, 0) is 56.0 Å². The largest absolute Gasteiger partial charge is 0.341 e. The van der Waals surface area contributed by atoms with Gasteiger partial charge in [0.1, 0.15) is 11.5 Å². The molecule has 6 nitrogen and oxygen atoms in total. The maximum absolute atomic E-state index is 14.1. The summed E-state index contributed by atoms with van der Waals surface area (Å²) in [6.07, 6.45) is 2.44. The predicted molar refractivity (Wildman–Crippen MR) is 124 cm³/mol. The minimum Gasteiger partial charge on any atom is -0.341 e. The molecule has 1 atom stereocenters. The van der Waals surface area contributed by atoms with Crippen LogP contribution in [0.5, 0.6) is 0 Å². The lowest BCUT2D eigenvalue weighted by Crippen LogP contribution is -2.53. The molecule has 1 aliphatic heterocycles. The molecule has 2 heterocycles. The van der Waals surface area contributed by atoms with E-state index in [9.17, 15) is 13.6 Å². The summed E-state index contributed by atoms with van der Waals surface area (Å²) in [4.78, 5) is 26.1. The normalized spacial score (nSPS) is 25.7. The van der Waals surface area contributed by atoms with Gasteiger partial charge in [0, 0.05) is 42.8 Å². The Balaban J connectivity index is 1.53. The molecule has 0 bridgehead atoms. The second kappa shape index (κ2) is 7.58. The molecule has 3 aliphatic rings. The van der Waals surface area contributed by atoms with Gasteiger partial charge >= 0.3 is 0 Å². The predicted octanol–water partition coefficient (Wildman–Crippen LogP) is 4.98. The van der Waals surface area contributed by atoms with E-state index in [2.05, 4.69) is 20.6 Å². The fourth-order valence-electron chi connectivity index (χ4n) is 5.45. The zero-order valence-electron chi connectivity index (χ0n) is 18.4. The quantitative estimate of drug-likeness (QED) is 0.648. The Labute approximate surface area is 195 Å². The molecule has 1 saturated carbocycles. The number of rotatable bonds is 2. The fourth-order valence-corrected chi connectivity index (χ4v) is 5.56. The Bertz CT molecular complexity index is 1180. The summed E-state index contributed by atoms with van der Waals surface area (Å²) in [6.45, 7) is 1.88. The number of carbonyl (C=O) groups is 1. The van der Waals surface area contributed by atoms with Crippen LogP contribution in [0.4, 0.5) is 14.5 Å². The van der Waals surface area contributed by atoms with Crippen LogP contribution in [-0.4, -0.2) is 35.4 Å². The number of hydrogen-bond donors (Lipinski definition) is 2. The first-order valence-electron chi connectivity index (χ1n) is 10.9. The van der Waals surface area contributed by atoms with E-state index in [1.807, 2.05) is 25.1 Å². The lowest BCUT2D eigenvalue weighted by atomic mass is 9.65. The van der Waals surface area contributed by atoms with Gasteiger partial charge in [-0.25, -0.2) is 13.8 Å². The van der Waals surface area contributed by atoms with Crippen molar-refractivity contribution in [3.05, 3.63) is 58.4 Å². The summed E-state index contributed by atoms with van der Waals surface area (Å²) in [5.41, 5.74) is 2.17. The van der Waals surface area contributed by atoms with E-state index in [-0.39, 0.29) is 24.4 Å². The van der Waals surface area contributed by atoms with Crippen molar-refractivity contribution in [3.63, 3.8) is 0 Å². The Morgan fingerprint density at radius 2 is 1.94 bits per heavy atom. The van der Waals surface area contributed by atoms with Gasteiger partial charge in [-0.3, -0.25) is 14.8 Å². The first-order chi connectivity index (χ1) is 15.7. The standard InChI is InChI=1S/C24H24ClF2N5O/c1-14-20(28-2)32-24(31-14)18-11-17(30-21(33)19-6-4-16(25)13-29-19)5-3-15(18)12-22(24)7-9-23(26,27)10-8-22/h3-6,11,13H,7-10,12H2,1-2H3,(H,28,32)(H,30,33). The number of benzene rings is 1. The molecule has 1 aromatic heterocycles. The molecule has 2 spiro atoms. The van der Waals surface area contributed by atoms with Crippen LogP contribution in [0.25, 0.3) is 0 Å². The highest BCUT2D eigenvalue weighted by atomic mass is 35.5. The molecule has 2 N–H and O–H groups in total. The van der Waals surface area contributed by atoms with Gasteiger partial charge in [0.2, 0.25) is 5.92 Å². The van der Waals surface area contributed by atoms with Crippen LogP contribution in [0.1, 0.15) is 54.2 Å². The van der Waals surface area contributed by atoms with Crippen LogP contribution in [0.2, 0.25) is 5.02 Å². The zero-order valence-corrected chi connectivity index (χ0v) is 19.1. The highest BCUT2D eigenvalue weighted by Gasteiger charge is 2.62. The molecule has 0 saturated heterocycles. The second-order valence-corrected chi connectivity index (χ2v) is 9.54. The van der Waals surface area contributed by atoms with Gasteiger partial charge in [0.15, 0.2) is 5.66 Å². The number of amides is 1. The molecule has 172 valence electrons. The van der Waals surface area contributed by atoms with E-state index in [1.165, 1.54) is 6.20 Å². The van der Waals surface area contributed by atoms with E-state index in [0.717, 1.165) is 16.8 Å². The number of nitrogens with one attached hydrogen (secondary N) is 2. The van der Waals surface area contributed by atoms with Crippen molar-refractivity contribution in [1.29, 1.82) is 0 Å². The number of aromatic nitrogens is 1. The molecule has 1 fully saturated rings. The smallest absolute Gasteiger partial charge is 0.274 e. The van der Waals surface area contributed by atoms with Gasteiger partial charge in [-0.1, -0.05) is 17.7 Å². The summed E-state index contributed by atoms with van der Waals surface area (Å²) in [6, 6.07) is 8.84. The Hall–Kier alpha value is -2.87. The highest BCUT2D eigenvalue weighted by Crippen LogP contribution is 2.61. The van der Waals surface area contributed by atoms with Crippen LogP contribution >= 0.6 is 11.6 Å². The average Bonchev–Trinajstić information content (AvgIpc) is 3.26. The van der Waals surface area contributed by atoms with Crippen molar-refractivity contribution in [2.75, 3.05) is 12.4 Å². The van der Waals surface area contributed by atoms with Crippen molar-refractivity contribution in [2.24, 2.45) is 15.4 Å². The van der Waals surface area contributed by atoms with Gasteiger partial charge < -0.3 is 10.6 Å². The summed E-state index contributed by atoms with van der Waals surface area (Å²) in [7, 11) is 1.69. The molecular weight excluding hydrogens is 448 g/mol. The van der Waals surface area contributed by atoms with E-state index in [4.69, 9.17) is 16.6 Å². The number of fused-ring (bicyclic) bond motifs is 3. The highest BCUT2D eigenvalue weighted by molar-refractivity contribution is 6.42. The van der Waals surface area contributed by atoms with Crippen molar-refractivity contribution in [3.8, 4) is 0 Å². The lowest BCUT2D eigenvalue weighted by Gasteiger charge is -2.46. The fraction of sp³-hybridized carbons (Fsp3) is 0.417. The summed E-state index contributed by atoms with van der Waals surface area (Å²) in [5, 5.41) is 6.82. The molecule has 1 unspecified atom stereocenters. The van der Waals surface area contributed by atoms with Gasteiger partial charge in [0.25, 0.3) is 5.91 Å². The topological polar surface area (TPSA) is 78.7 Å². The second-order valence-electron chi connectivity index (χ2n) is 9.11. The van der Waals surface area contributed by atoms with Crippen molar-refractivity contribution in [1.82, 2.24) is 10.3 Å². The van der Waals surface area contributed by atoms with Crippen molar-refractivity contribution < 1.29 is 13.6 Å². The van der Waals surface area contributed by atoms with Crippen LogP contribution in [0, 0.1) is 5.41 Å². The number of hydrogen-bond acceptors (Lipinski definition) is 4. The third kappa shape index (κ3) is 3.51. The molecule has 1 aromatic carbocycles. The van der Waals surface area contributed by atoms with Crippen molar-refractivity contribution in [2.45, 2.75) is 50.6 Å². The summed E-state index contributed by atoms with van der Waals surface area (Å²) in [5.74, 6) is -2.34. The van der Waals surface area contributed by atoms with Gasteiger partial charge in [-0.15, -0.1) is 0 Å². The van der Waals surface area contributed by atoms with Crippen LogP contribution < -0.4 is 10.6 Å². The summed E-state index contributed by atoms with van der Waals surface area (Å²) < 4.78 is 28.2. The first-order valence-corrected chi connectivity index (χ1v) is 11.3. The van der Waals surface area contributed by atoms with Crippen LogP contribution in [-0.2, 0) is 12.1 Å². The Morgan fingerprint density at radius 1 is 1.18 bits per heavy atom. The molecule has 1 amide bonds. The van der Waals surface area contributed by atoms with E-state index in [1.54, 1.807) is 19.2 Å². The number of carbonyl (C=O) groups excluding carboxylic acids is 1.